The summed E-state index contributed by atoms with van der Waals surface area (Å²) in [6, 6.07) is 48.1. The standard InChI is InChI=1S/C45H35N3/c1-45(2)40-19-8-6-17-36(40)37-26-25-35(30-41(37)45)47(44-21-10-11-28-46-44)34-16-12-13-31(22-24-34)32-23-27-43-39(29-32)38-18-7-9-20-42(38)48(43)33-14-4-3-5-15-33/h3-12,14-30H,13H2,1-2H3. The zero-order valence-electron chi connectivity index (χ0n) is 27.1. The average Bonchev–Trinajstić information content (AvgIpc) is 3.43. The highest BCUT2D eigenvalue weighted by atomic mass is 15.2. The van der Waals surface area contributed by atoms with E-state index in [9.17, 15) is 0 Å². The number of fused-ring (bicyclic) bond motifs is 6. The minimum absolute atomic E-state index is 0.0826. The topological polar surface area (TPSA) is 21.1 Å². The van der Waals surface area contributed by atoms with Gasteiger partial charge in [-0.2, -0.15) is 0 Å². The predicted molar refractivity (Wildman–Crippen MR) is 201 cm³/mol. The smallest absolute Gasteiger partial charge is 0.137 e. The fourth-order valence-electron chi connectivity index (χ4n) is 7.74. The summed E-state index contributed by atoms with van der Waals surface area (Å²) in [5.74, 6) is 0.897. The zero-order valence-corrected chi connectivity index (χ0v) is 27.1. The van der Waals surface area contributed by atoms with Gasteiger partial charge >= 0.3 is 0 Å². The van der Waals surface area contributed by atoms with Crippen LogP contribution in [0.5, 0.6) is 0 Å². The molecule has 7 aromatic rings. The van der Waals surface area contributed by atoms with Gasteiger partial charge in [0.15, 0.2) is 0 Å². The van der Waals surface area contributed by atoms with Gasteiger partial charge < -0.3 is 4.57 Å². The van der Waals surface area contributed by atoms with E-state index < -0.39 is 0 Å². The van der Waals surface area contributed by atoms with Gasteiger partial charge in [0.1, 0.15) is 5.82 Å². The summed E-state index contributed by atoms with van der Waals surface area (Å²) in [4.78, 5) is 7.11. The van der Waals surface area contributed by atoms with Crippen LogP contribution >= 0.6 is 0 Å². The number of aromatic nitrogens is 2. The molecule has 0 unspecified atom stereocenters. The van der Waals surface area contributed by atoms with Crippen molar-refractivity contribution < 1.29 is 0 Å². The van der Waals surface area contributed by atoms with Crippen LogP contribution in [0, 0.1) is 0 Å². The van der Waals surface area contributed by atoms with Gasteiger partial charge in [-0.3, -0.25) is 4.90 Å². The minimum Gasteiger partial charge on any atom is -0.309 e. The summed E-state index contributed by atoms with van der Waals surface area (Å²) in [5.41, 5.74) is 13.6. The summed E-state index contributed by atoms with van der Waals surface area (Å²) in [7, 11) is 0. The molecule has 0 aliphatic heterocycles. The second kappa shape index (κ2) is 11.1. The third kappa shape index (κ3) is 4.46. The number of para-hydroxylation sites is 2. The lowest BCUT2D eigenvalue weighted by atomic mass is 9.82. The van der Waals surface area contributed by atoms with Crippen LogP contribution in [0.25, 0.3) is 44.2 Å². The van der Waals surface area contributed by atoms with E-state index in [0.717, 1.165) is 23.6 Å². The summed E-state index contributed by atoms with van der Waals surface area (Å²) in [6.45, 7) is 4.67. The molecule has 230 valence electrons. The first-order chi connectivity index (χ1) is 23.6. The Balaban J connectivity index is 1.14. The third-order valence-electron chi connectivity index (χ3n) is 10.1. The van der Waals surface area contributed by atoms with Crippen LogP contribution in [0.4, 0.5) is 11.5 Å². The first kappa shape index (κ1) is 28.3. The van der Waals surface area contributed by atoms with Crippen LogP contribution < -0.4 is 4.90 Å². The zero-order chi connectivity index (χ0) is 32.2. The molecule has 0 atom stereocenters. The lowest BCUT2D eigenvalue weighted by Crippen LogP contribution is -2.19. The van der Waals surface area contributed by atoms with E-state index in [1.54, 1.807) is 0 Å². The number of hydrogen-bond donors (Lipinski definition) is 0. The van der Waals surface area contributed by atoms with Gasteiger partial charge in [-0.25, -0.2) is 4.98 Å². The lowest BCUT2D eigenvalue weighted by Gasteiger charge is -2.27. The van der Waals surface area contributed by atoms with Crippen molar-refractivity contribution in [3.63, 3.8) is 0 Å². The summed E-state index contributed by atoms with van der Waals surface area (Å²) in [6.07, 6.45) is 11.8. The Morgan fingerprint density at radius 3 is 2.29 bits per heavy atom. The van der Waals surface area contributed by atoms with Crippen LogP contribution in [0.3, 0.4) is 0 Å². The number of rotatable bonds is 5. The minimum atomic E-state index is -0.0826. The normalized spacial score (nSPS) is 14.7. The molecule has 2 aliphatic carbocycles. The Hall–Kier alpha value is -5.93. The molecule has 0 amide bonds. The Bertz CT molecular complexity index is 2440. The molecule has 0 saturated heterocycles. The molecule has 0 spiro atoms. The molecule has 0 radical (unpaired) electrons. The highest BCUT2D eigenvalue weighted by Crippen LogP contribution is 2.50. The maximum atomic E-state index is 4.83. The molecule has 9 rings (SSSR count). The van der Waals surface area contributed by atoms with Gasteiger partial charge in [0.25, 0.3) is 0 Å². The molecule has 2 aromatic heterocycles. The fourth-order valence-corrected chi connectivity index (χ4v) is 7.74. The number of pyridine rings is 1. The van der Waals surface area contributed by atoms with E-state index in [0.29, 0.717) is 0 Å². The molecule has 2 heterocycles. The van der Waals surface area contributed by atoms with Gasteiger partial charge in [0.05, 0.1) is 11.0 Å². The number of allylic oxidation sites excluding steroid dienone is 5. The van der Waals surface area contributed by atoms with Gasteiger partial charge in [0, 0.05) is 39.5 Å². The van der Waals surface area contributed by atoms with E-state index in [1.165, 1.54) is 60.9 Å². The molecule has 0 bridgehead atoms. The highest BCUT2D eigenvalue weighted by molar-refractivity contribution is 6.10. The van der Waals surface area contributed by atoms with E-state index >= 15 is 0 Å². The van der Waals surface area contributed by atoms with Crippen molar-refractivity contribution in [2.75, 3.05) is 4.90 Å². The Kier molecular flexibility index (Phi) is 6.55. The summed E-state index contributed by atoms with van der Waals surface area (Å²) in [5, 5.41) is 2.53. The molecule has 3 heteroatoms. The predicted octanol–water partition coefficient (Wildman–Crippen LogP) is 11.6. The van der Waals surface area contributed by atoms with E-state index in [1.807, 2.05) is 12.3 Å². The Morgan fingerprint density at radius 1 is 0.646 bits per heavy atom. The van der Waals surface area contributed by atoms with E-state index in [-0.39, 0.29) is 5.41 Å². The van der Waals surface area contributed by atoms with Crippen molar-refractivity contribution in [3.05, 3.63) is 186 Å². The fraction of sp³-hybridized carbons (Fsp3) is 0.0889. The molecule has 0 fully saturated rings. The van der Waals surface area contributed by atoms with Crippen LogP contribution in [0.15, 0.2) is 170 Å². The third-order valence-corrected chi connectivity index (χ3v) is 10.1. The van der Waals surface area contributed by atoms with Gasteiger partial charge in [-0.1, -0.05) is 105 Å². The van der Waals surface area contributed by atoms with Crippen LogP contribution in [0.1, 0.15) is 37.0 Å². The number of nitrogens with zero attached hydrogens (tertiary/aromatic N) is 3. The van der Waals surface area contributed by atoms with Crippen molar-refractivity contribution in [1.82, 2.24) is 9.55 Å². The van der Waals surface area contributed by atoms with Crippen molar-refractivity contribution >= 4 is 38.9 Å². The Labute approximate surface area is 281 Å². The molecule has 0 saturated carbocycles. The van der Waals surface area contributed by atoms with Crippen LogP contribution in [-0.4, -0.2) is 9.55 Å². The maximum absolute atomic E-state index is 4.83. The van der Waals surface area contributed by atoms with Crippen molar-refractivity contribution in [3.8, 4) is 16.8 Å². The molecule has 2 aliphatic rings. The van der Waals surface area contributed by atoms with Gasteiger partial charge in [-0.05, 0) is 107 Å². The summed E-state index contributed by atoms with van der Waals surface area (Å²) >= 11 is 0. The molecule has 48 heavy (non-hydrogen) atoms. The van der Waals surface area contributed by atoms with Crippen molar-refractivity contribution in [2.24, 2.45) is 0 Å². The molecule has 5 aromatic carbocycles. The van der Waals surface area contributed by atoms with E-state index in [2.05, 4.69) is 175 Å². The van der Waals surface area contributed by atoms with Crippen molar-refractivity contribution in [1.29, 1.82) is 0 Å². The average molecular weight is 618 g/mol. The monoisotopic (exact) mass is 617 g/mol. The Morgan fingerprint density at radius 2 is 1.42 bits per heavy atom. The number of anilines is 2. The number of benzene rings is 5. The molecular weight excluding hydrogens is 583 g/mol. The van der Waals surface area contributed by atoms with Crippen LogP contribution in [-0.2, 0) is 5.41 Å². The molecular formula is C45H35N3. The van der Waals surface area contributed by atoms with E-state index in [4.69, 9.17) is 4.98 Å². The quantitative estimate of drug-likeness (QED) is 0.192. The summed E-state index contributed by atoms with van der Waals surface area (Å²) < 4.78 is 2.37. The second-order valence-corrected chi connectivity index (χ2v) is 13.2. The molecule has 0 N–H and O–H groups in total. The van der Waals surface area contributed by atoms with Crippen molar-refractivity contribution in [2.45, 2.75) is 25.7 Å². The first-order valence-corrected chi connectivity index (χ1v) is 16.7. The lowest BCUT2D eigenvalue weighted by molar-refractivity contribution is 0.660. The largest absolute Gasteiger partial charge is 0.309 e. The van der Waals surface area contributed by atoms with Crippen LogP contribution in [0.2, 0.25) is 0 Å². The molecule has 3 nitrogen and oxygen atoms in total. The second-order valence-electron chi connectivity index (χ2n) is 13.2. The number of hydrogen-bond acceptors (Lipinski definition) is 2. The van der Waals surface area contributed by atoms with Gasteiger partial charge in [0.2, 0.25) is 0 Å². The maximum Gasteiger partial charge on any atom is 0.137 e. The van der Waals surface area contributed by atoms with Gasteiger partial charge in [-0.15, -0.1) is 0 Å². The first-order valence-electron chi connectivity index (χ1n) is 16.7. The SMILES string of the molecule is CC1(C)c2ccccc2-c2ccc(N(C3=CC=C(c4ccc5c(c4)c4ccccc4n5-c4ccccc4)CC=C3)c3ccccn3)cc21. The highest BCUT2D eigenvalue weighted by Gasteiger charge is 2.35.